The fourth-order valence-electron chi connectivity index (χ4n) is 2.16. The van der Waals surface area contributed by atoms with Crippen molar-refractivity contribution in [2.45, 2.75) is 19.8 Å². The molecule has 2 rings (SSSR count). The van der Waals surface area contributed by atoms with Gasteiger partial charge in [0, 0.05) is 6.54 Å². The van der Waals surface area contributed by atoms with Gasteiger partial charge in [0.15, 0.2) is 0 Å². The zero-order valence-corrected chi connectivity index (χ0v) is 7.75. The molecular formula is C9H14N2O2. The summed E-state index contributed by atoms with van der Waals surface area (Å²) in [5.41, 5.74) is 0. The van der Waals surface area contributed by atoms with Crippen molar-refractivity contribution in [1.82, 2.24) is 10.2 Å². The van der Waals surface area contributed by atoms with E-state index < -0.39 is 0 Å². The Labute approximate surface area is 77.3 Å². The van der Waals surface area contributed by atoms with Gasteiger partial charge >= 0.3 is 6.03 Å². The van der Waals surface area contributed by atoms with Crippen LogP contribution < -0.4 is 5.32 Å². The third kappa shape index (κ3) is 1.66. The van der Waals surface area contributed by atoms with Crippen molar-refractivity contribution in [3.63, 3.8) is 0 Å². The zero-order valence-electron chi connectivity index (χ0n) is 7.75. The summed E-state index contributed by atoms with van der Waals surface area (Å²) in [6.45, 7) is 3.22. The van der Waals surface area contributed by atoms with Gasteiger partial charge in [-0.2, -0.15) is 0 Å². The monoisotopic (exact) mass is 182 g/mol. The van der Waals surface area contributed by atoms with Gasteiger partial charge < -0.3 is 4.90 Å². The maximum Gasteiger partial charge on any atom is 0.324 e. The van der Waals surface area contributed by atoms with Crippen molar-refractivity contribution in [3.8, 4) is 0 Å². The second-order valence-corrected chi connectivity index (χ2v) is 4.18. The van der Waals surface area contributed by atoms with Crippen LogP contribution in [0.5, 0.6) is 0 Å². The van der Waals surface area contributed by atoms with E-state index in [9.17, 15) is 9.59 Å². The molecule has 1 aliphatic carbocycles. The highest BCUT2D eigenvalue weighted by atomic mass is 16.2. The van der Waals surface area contributed by atoms with E-state index in [2.05, 4.69) is 12.2 Å². The summed E-state index contributed by atoms with van der Waals surface area (Å²) in [6.07, 6.45) is 2.38. The number of carbonyl (C=O) groups excluding carboxylic acids is 2. The van der Waals surface area contributed by atoms with Gasteiger partial charge in [0.05, 0.1) is 0 Å². The largest absolute Gasteiger partial charge is 0.324 e. The van der Waals surface area contributed by atoms with Gasteiger partial charge in [0.2, 0.25) is 5.91 Å². The molecule has 1 saturated carbocycles. The minimum atomic E-state index is -0.218. The van der Waals surface area contributed by atoms with E-state index in [0.29, 0.717) is 5.92 Å². The van der Waals surface area contributed by atoms with E-state index in [4.69, 9.17) is 0 Å². The third-order valence-corrected chi connectivity index (χ3v) is 2.82. The molecule has 2 fully saturated rings. The molecule has 3 amide bonds. The SMILES string of the molecule is CC1CC(CN2CC(=O)NC2=O)C1. The smallest absolute Gasteiger partial charge is 0.315 e. The lowest BCUT2D eigenvalue weighted by Gasteiger charge is -2.34. The predicted molar refractivity (Wildman–Crippen MR) is 47.0 cm³/mol. The molecule has 72 valence electrons. The Morgan fingerprint density at radius 3 is 2.62 bits per heavy atom. The Bertz CT molecular complexity index is 246. The molecule has 0 radical (unpaired) electrons. The summed E-state index contributed by atoms with van der Waals surface area (Å²) in [4.78, 5) is 23.6. The molecule has 0 spiro atoms. The Morgan fingerprint density at radius 2 is 2.15 bits per heavy atom. The molecule has 4 nitrogen and oxygen atoms in total. The highest BCUT2D eigenvalue weighted by Crippen LogP contribution is 2.33. The molecule has 4 heteroatoms. The van der Waals surface area contributed by atoms with Crippen molar-refractivity contribution >= 4 is 11.9 Å². The average Bonchev–Trinajstić information content (AvgIpc) is 2.27. The predicted octanol–water partition coefficient (Wildman–Crippen LogP) is 0.584. The topological polar surface area (TPSA) is 49.4 Å². The Balaban J connectivity index is 1.82. The number of amides is 3. The first-order chi connectivity index (χ1) is 6.15. The number of rotatable bonds is 2. The van der Waals surface area contributed by atoms with Crippen LogP contribution >= 0.6 is 0 Å². The fourth-order valence-corrected chi connectivity index (χ4v) is 2.16. The van der Waals surface area contributed by atoms with Gasteiger partial charge in [-0.1, -0.05) is 6.92 Å². The fraction of sp³-hybridized carbons (Fsp3) is 0.778. The second kappa shape index (κ2) is 3.01. The Kier molecular flexibility index (Phi) is 1.98. The van der Waals surface area contributed by atoms with E-state index in [1.807, 2.05) is 0 Å². The molecule has 0 bridgehead atoms. The first kappa shape index (κ1) is 8.53. The molecule has 1 heterocycles. The van der Waals surface area contributed by atoms with Crippen LogP contribution in [0.25, 0.3) is 0 Å². The van der Waals surface area contributed by atoms with E-state index in [1.165, 1.54) is 12.8 Å². The van der Waals surface area contributed by atoms with Crippen molar-refractivity contribution in [3.05, 3.63) is 0 Å². The van der Waals surface area contributed by atoms with Gasteiger partial charge in [-0.3, -0.25) is 10.1 Å². The van der Waals surface area contributed by atoms with Gasteiger partial charge in [-0.25, -0.2) is 4.79 Å². The van der Waals surface area contributed by atoms with Crippen LogP contribution in [-0.2, 0) is 4.79 Å². The summed E-state index contributed by atoms with van der Waals surface area (Å²) in [6, 6.07) is -0.218. The molecule has 0 aromatic heterocycles. The van der Waals surface area contributed by atoms with E-state index in [1.54, 1.807) is 4.90 Å². The lowest BCUT2D eigenvalue weighted by molar-refractivity contribution is -0.118. The number of carbonyl (C=O) groups is 2. The van der Waals surface area contributed by atoms with E-state index in [-0.39, 0.29) is 18.5 Å². The number of hydrogen-bond acceptors (Lipinski definition) is 2. The van der Waals surface area contributed by atoms with Crippen molar-refractivity contribution in [1.29, 1.82) is 0 Å². The number of nitrogens with zero attached hydrogens (tertiary/aromatic N) is 1. The van der Waals surface area contributed by atoms with Crippen molar-refractivity contribution < 1.29 is 9.59 Å². The normalized spacial score (nSPS) is 33.2. The van der Waals surface area contributed by atoms with Gasteiger partial charge in [0.25, 0.3) is 0 Å². The summed E-state index contributed by atoms with van der Waals surface area (Å²) >= 11 is 0. The molecule has 0 aromatic carbocycles. The maximum atomic E-state index is 11.1. The number of hydrogen-bond donors (Lipinski definition) is 1. The standard InChI is InChI=1S/C9H14N2O2/c1-6-2-7(3-6)4-11-5-8(12)10-9(11)13/h6-7H,2-5H2,1H3,(H,10,12,13). The van der Waals surface area contributed by atoms with Crippen LogP contribution in [-0.4, -0.2) is 29.9 Å². The number of nitrogens with one attached hydrogen (secondary N) is 1. The Hall–Kier alpha value is -1.06. The molecule has 13 heavy (non-hydrogen) atoms. The lowest BCUT2D eigenvalue weighted by Crippen LogP contribution is -2.37. The van der Waals surface area contributed by atoms with Crippen molar-refractivity contribution in [2.75, 3.05) is 13.1 Å². The minimum Gasteiger partial charge on any atom is -0.315 e. The molecule has 0 aromatic rings. The highest BCUT2D eigenvalue weighted by Gasteiger charge is 2.32. The lowest BCUT2D eigenvalue weighted by atomic mass is 9.76. The molecular weight excluding hydrogens is 168 g/mol. The first-order valence-electron chi connectivity index (χ1n) is 4.74. The highest BCUT2D eigenvalue weighted by molar-refractivity contribution is 6.01. The van der Waals surface area contributed by atoms with Crippen LogP contribution in [0.3, 0.4) is 0 Å². The minimum absolute atomic E-state index is 0.169. The molecule has 0 unspecified atom stereocenters. The van der Waals surface area contributed by atoms with Crippen LogP contribution in [0.15, 0.2) is 0 Å². The molecule has 2 aliphatic rings. The summed E-state index contributed by atoms with van der Waals surface area (Å²) < 4.78 is 0. The Morgan fingerprint density at radius 1 is 1.46 bits per heavy atom. The van der Waals surface area contributed by atoms with Crippen LogP contribution in [0.1, 0.15) is 19.8 Å². The molecule has 1 N–H and O–H groups in total. The maximum absolute atomic E-state index is 11.1. The summed E-state index contributed by atoms with van der Waals surface area (Å²) in [5, 5.41) is 2.28. The van der Waals surface area contributed by atoms with E-state index in [0.717, 1.165) is 12.5 Å². The van der Waals surface area contributed by atoms with E-state index >= 15 is 0 Å². The third-order valence-electron chi connectivity index (χ3n) is 2.82. The van der Waals surface area contributed by atoms with Gasteiger partial charge in [-0.15, -0.1) is 0 Å². The molecule has 1 aliphatic heterocycles. The van der Waals surface area contributed by atoms with Crippen molar-refractivity contribution in [2.24, 2.45) is 11.8 Å². The summed E-state index contributed by atoms with van der Waals surface area (Å²) in [7, 11) is 0. The number of urea groups is 1. The molecule has 0 atom stereocenters. The van der Waals surface area contributed by atoms with Gasteiger partial charge in [0.1, 0.15) is 6.54 Å². The van der Waals surface area contributed by atoms with Gasteiger partial charge in [-0.05, 0) is 24.7 Å². The molecule has 1 saturated heterocycles. The average molecular weight is 182 g/mol. The van der Waals surface area contributed by atoms with Crippen LogP contribution in [0.2, 0.25) is 0 Å². The zero-order chi connectivity index (χ0) is 9.42. The second-order valence-electron chi connectivity index (χ2n) is 4.18. The summed E-state index contributed by atoms with van der Waals surface area (Å²) in [5.74, 6) is 1.25. The van der Waals surface area contributed by atoms with Crippen LogP contribution in [0.4, 0.5) is 4.79 Å². The first-order valence-corrected chi connectivity index (χ1v) is 4.74. The number of imide groups is 1. The quantitative estimate of drug-likeness (QED) is 0.635. The van der Waals surface area contributed by atoms with Crippen LogP contribution in [0, 0.1) is 11.8 Å².